The van der Waals surface area contributed by atoms with Gasteiger partial charge in [-0.25, -0.2) is 4.39 Å². The predicted molar refractivity (Wildman–Crippen MR) is 48.6 cm³/mol. The van der Waals surface area contributed by atoms with Crippen molar-refractivity contribution in [2.24, 2.45) is 0 Å². The number of fused-ring (bicyclic) bond motifs is 1. The van der Waals surface area contributed by atoms with Crippen molar-refractivity contribution in [1.82, 2.24) is 0 Å². The van der Waals surface area contributed by atoms with Crippen molar-refractivity contribution in [3.63, 3.8) is 0 Å². The zero-order chi connectivity index (χ0) is 9.42. The van der Waals surface area contributed by atoms with Crippen LogP contribution in [0.2, 0.25) is 0 Å². The van der Waals surface area contributed by atoms with Crippen LogP contribution in [-0.2, 0) is 0 Å². The van der Waals surface area contributed by atoms with E-state index in [2.05, 4.69) is 5.32 Å². The highest BCUT2D eigenvalue weighted by molar-refractivity contribution is 6.03. The number of hydrogen-bond acceptors (Lipinski definition) is 2. The minimum absolute atomic E-state index is 0.105. The molecule has 1 aliphatic heterocycles. The molecule has 0 radical (unpaired) electrons. The molecule has 2 nitrogen and oxygen atoms in total. The monoisotopic (exact) mass is 179 g/mol. The maximum absolute atomic E-state index is 13.3. The molecule has 1 aliphatic rings. The van der Waals surface area contributed by atoms with Crippen LogP contribution in [0.4, 0.5) is 10.1 Å². The van der Waals surface area contributed by atoms with Gasteiger partial charge in [0, 0.05) is 18.7 Å². The molecule has 0 saturated heterocycles. The normalized spacial score (nSPS) is 15.1. The van der Waals surface area contributed by atoms with E-state index in [-0.39, 0.29) is 11.3 Å². The van der Waals surface area contributed by atoms with Crippen LogP contribution < -0.4 is 5.32 Å². The molecule has 1 N–H and O–H groups in total. The van der Waals surface area contributed by atoms with Crippen molar-refractivity contribution < 1.29 is 9.18 Å². The molecule has 0 spiro atoms. The van der Waals surface area contributed by atoms with E-state index in [0.29, 0.717) is 18.7 Å². The lowest BCUT2D eigenvalue weighted by atomic mass is 10.00. The second-order valence-electron chi connectivity index (χ2n) is 3.27. The molecule has 1 aromatic carbocycles. The average molecular weight is 179 g/mol. The number of ketones is 1. The minimum Gasteiger partial charge on any atom is -0.384 e. The van der Waals surface area contributed by atoms with Gasteiger partial charge < -0.3 is 5.32 Å². The number of anilines is 1. The quantitative estimate of drug-likeness (QED) is 0.661. The first-order valence-corrected chi connectivity index (χ1v) is 4.25. The highest BCUT2D eigenvalue weighted by Gasteiger charge is 2.20. The molecule has 68 valence electrons. The number of carbonyl (C=O) groups is 1. The number of nitrogens with one attached hydrogen (secondary N) is 1. The smallest absolute Gasteiger partial charge is 0.169 e. The highest BCUT2D eigenvalue weighted by atomic mass is 19.1. The molecule has 0 fully saturated rings. The Balaban J connectivity index is 2.63. The first-order valence-electron chi connectivity index (χ1n) is 4.25. The summed E-state index contributed by atoms with van der Waals surface area (Å²) in [6.07, 6.45) is 0.382. The number of aryl methyl sites for hydroxylation is 1. The van der Waals surface area contributed by atoms with Gasteiger partial charge in [-0.3, -0.25) is 4.79 Å². The van der Waals surface area contributed by atoms with E-state index in [1.807, 2.05) is 6.92 Å². The zero-order valence-electron chi connectivity index (χ0n) is 7.36. The van der Waals surface area contributed by atoms with Crippen LogP contribution in [0.3, 0.4) is 0 Å². The summed E-state index contributed by atoms with van der Waals surface area (Å²) in [5, 5.41) is 3.01. The van der Waals surface area contributed by atoms with E-state index < -0.39 is 5.82 Å². The Morgan fingerprint density at radius 1 is 1.46 bits per heavy atom. The molecule has 0 unspecified atom stereocenters. The molecule has 1 aromatic rings. The Kier molecular flexibility index (Phi) is 1.79. The fourth-order valence-electron chi connectivity index (χ4n) is 1.60. The van der Waals surface area contributed by atoms with Crippen molar-refractivity contribution in [1.29, 1.82) is 0 Å². The highest BCUT2D eigenvalue weighted by Crippen LogP contribution is 2.25. The molecule has 2 rings (SSSR count). The first-order chi connectivity index (χ1) is 6.18. The Bertz CT molecular complexity index is 373. The van der Waals surface area contributed by atoms with Crippen LogP contribution >= 0.6 is 0 Å². The Morgan fingerprint density at radius 3 is 3.00 bits per heavy atom. The molecule has 13 heavy (non-hydrogen) atoms. The van der Waals surface area contributed by atoms with Crippen molar-refractivity contribution in [3.05, 3.63) is 29.1 Å². The summed E-state index contributed by atoms with van der Waals surface area (Å²) in [6, 6.07) is 3.19. The van der Waals surface area contributed by atoms with E-state index in [1.54, 1.807) is 6.07 Å². The lowest BCUT2D eigenvalue weighted by Crippen LogP contribution is -2.19. The van der Waals surface area contributed by atoms with Crippen LogP contribution in [0.5, 0.6) is 0 Å². The number of Topliss-reactive ketones (excluding diaryl/α,β-unsaturated/α-hetero) is 1. The summed E-state index contributed by atoms with van der Waals surface area (Å²) in [5.41, 5.74) is 1.68. The topological polar surface area (TPSA) is 29.1 Å². The van der Waals surface area contributed by atoms with Gasteiger partial charge in [0.05, 0.1) is 5.56 Å². The lowest BCUT2D eigenvalue weighted by molar-refractivity contribution is 0.0980. The molecular weight excluding hydrogens is 169 g/mol. The van der Waals surface area contributed by atoms with E-state index in [9.17, 15) is 9.18 Å². The molecule has 0 saturated carbocycles. The molecule has 0 atom stereocenters. The molecule has 0 amide bonds. The third kappa shape index (κ3) is 1.30. The number of halogens is 1. The van der Waals surface area contributed by atoms with Gasteiger partial charge in [-0.1, -0.05) is 0 Å². The number of hydrogen-bond donors (Lipinski definition) is 1. The lowest BCUT2D eigenvalue weighted by Gasteiger charge is -2.17. The first kappa shape index (κ1) is 8.23. The van der Waals surface area contributed by atoms with Crippen LogP contribution in [-0.4, -0.2) is 12.3 Å². The largest absolute Gasteiger partial charge is 0.384 e. The number of rotatable bonds is 0. The predicted octanol–water partition coefficient (Wildman–Crippen LogP) is 2.13. The van der Waals surface area contributed by atoms with Gasteiger partial charge >= 0.3 is 0 Å². The molecule has 3 heteroatoms. The van der Waals surface area contributed by atoms with Gasteiger partial charge in [-0.05, 0) is 24.6 Å². The van der Waals surface area contributed by atoms with E-state index >= 15 is 0 Å². The molecule has 0 aromatic heterocycles. The van der Waals surface area contributed by atoms with Crippen molar-refractivity contribution in [2.75, 3.05) is 11.9 Å². The summed E-state index contributed by atoms with van der Waals surface area (Å²) in [6.45, 7) is 2.42. The summed E-state index contributed by atoms with van der Waals surface area (Å²) in [5.74, 6) is -0.515. The molecule has 0 bridgehead atoms. The van der Waals surface area contributed by atoms with E-state index in [1.165, 1.54) is 6.07 Å². The Hall–Kier alpha value is -1.38. The summed E-state index contributed by atoms with van der Waals surface area (Å²) in [4.78, 5) is 11.3. The number of benzene rings is 1. The average Bonchev–Trinajstić information content (AvgIpc) is 2.02. The maximum Gasteiger partial charge on any atom is 0.169 e. The maximum atomic E-state index is 13.3. The standard InChI is InChI=1S/C10H10FNO/c1-6-4-7(11)10-8(5-6)12-3-2-9(10)13/h4-5,12H,2-3H2,1H3. The second-order valence-corrected chi connectivity index (χ2v) is 3.27. The molecule has 1 heterocycles. The Labute approximate surface area is 75.8 Å². The van der Waals surface area contributed by atoms with Gasteiger partial charge in [0.2, 0.25) is 0 Å². The van der Waals surface area contributed by atoms with E-state index in [4.69, 9.17) is 0 Å². The minimum atomic E-state index is -0.410. The third-order valence-corrected chi connectivity index (χ3v) is 2.18. The fourth-order valence-corrected chi connectivity index (χ4v) is 1.60. The number of carbonyl (C=O) groups excluding carboxylic acids is 1. The Morgan fingerprint density at radius 2 is 2.23 bits per heavy atom. The van der Waals surface area contributed by atoms with Crippen molar-refractivity contribution in [2.45, 2.75) is 13.3 Å². The van der Waals surface area contributed by atoms with Gasteiger partial charge in [0.15, 0.2) is 5.78 Å². The second kappa shape index (κ2) is 2.83. The van der Waals surface area contributed by atoms with Crippen LogP contribution in [0, 0.1) is 12.7 Å². The summed E-state index contributed by atoms with van der Waals surface area (Å²) < 4.78 is 13.3. The third-order valence-electron chi connectivity index (χ3n) is 2.18. The van der Waals surface area contributed by atoms with Crippen molar-refractivity contribution in [3.8, 4) is 0 Å². The summed E-state index contributed by atoms with van der Waals surface area (Å²) >= 11 is 0. The summed E-state index contributed by atoms with van der Waals surface area (Å²) in [7, 11) is 0. The molecular formula is C10H10FNO. The van der Waals surface area contributed by atoms with Gasteiger partial charge in [-0.15, -0.1) is 0 Å². The SMILES string of the molecule is Cc1cc(F)c2c(c1)NCCC2=O. The molecule has 0 aliphatic carbocycles. The fraction of sp³-hybridized carbons (Fsp3) is 0.300. The van der Waals surface area contributed by atoms with Gasteiger partial charge in [-0.2, -0.15) is 0 Å². The van der Waals surface area contributed by atoms with E-state index in [0.717, 1.165) is 5.56 Å². The van der Waals surface area contributed by atoms with Crippen LogP contribution in [0.15, 0.2) is 12.1 Å². The zero-order valence-corrected chi connectivity index (χ0v) is 7.36. The van der Waals surface area contributed by atoms with Crippen molar-refractivity contribution >= 4 is 11.5 Å². The van der Waals surface area contributed by atoms with Gasteiger partial charge in [0.25, 0.3) is 0 Å². The van der Waals surface area contributed by atoms with Crippen LogP contribution in [0.25, 0.3) is 0 Å². The van der Waals surface area contributed by atoms with Crippen LogP contribution in [0.1, 0.15) is 22.3 Å². The van der Waals surface area contributed by atoms with Gasteiger partial charge in [0.1, 0.15) is 5.82 Å².